The lowest BCUT2D eigenvalue weighted by Gasteiger charge is -2.18. The van der Waals surface area contributed by atoms with Crippen molar-refractivity contribution in [2.45, 2.75) is 303 Å². The molecule has 1 unspecified atom stereocenters. The zero-order chi connectivity index (χ0) is 49.3. The number of hydrogen-bond donors (Lipinski definition) is 0. The maximum atomic E-state index is 12.8. The Morgan fingerprint density at radius 2 is 0.574 bits per heavy atom. The summed E-state index contributed by atoms with van der Waals surface area (Å²) in [4.78, 5) is 38.0. The van der Waals surface area contributed by atoms with Gasteiger partial charge >= 0.3 is 17.9 Å². The van der Waals surface area contributed by atoms with Gasteiger partial charge in [-0.2, -0.15) is 0 Å². The van der Waals surface area contributed by atoms with Gasteiger partial charge in [0.25, 0.3) is 0 Å². The van der Waals surface area contributed by atoms with Crippen LogP contribution in [0.1, 0.15) is 297 Å². The van der Waals surface area contributed by atoms with E-state index in [-0.39, 0.29) is 31.1 Å². The first-order valence-corrected chi connectivity index (χ1v) is 29.3. The SMILES string of the molecule is CC/C=C\C/C=C\C/C=C\C/C=C\C/C=C\CCCCCCCCCCCCCCCC(=O)OCC(COC(=O)CCCCCCCCCCCC)OC(=O)CCCCCCCCCCCCC. The van der Waals surface area contributed by atoms with Crippen molar-refractivity contribution < 1.29 is 28.6 Å². The lowest BCUT2D eigenvalue weighted by Crippen LogP contribution is -2.30. The molecule has 0 radical (unpaired) electrons. The van der Waals surface area contributed by atoms with E-state index in [2.05, 4.69) is 81.5 Å². The average molecular weight is 952 g/mol. The minimum Gasteiger partial charge on any atom is -0.462 e. The van der Waals surface area contributed by atoms with Gasteiger partial charge in [-0.25, -0.2) is 0 Å². The zero-order valence-corrected chi connectivity index (χ0v) is 45.1. The van der Waals surface area contributed by atoms with Crippen molar-refractivity contribution in [3.63, 3.8) is 0 Å². The standard InChI is InChI=1S/C62H110O6/c1-4-7-10-13-16-19-22-23-24-25-26-27-28-29-30-31-32-33-34-35-36-37-38-39-41-43-46-49-52-55-61(64)67-58-59(57-66-60(63)54-51-48-45-42-21-18-15-12-9-6-3)68-62(65)56-53-50-47-44-40-20-17-14-11-8-5-2/h7,10,16,19,23-24,26-27,29-30,59H,4-6,8-9,11-15,17-18,20-22,25,28,31-58H2,1-3H3/b10-7-,19-16-,24-23-,27-26-,30-29-. The van der Waals surface area contributed by atoms with Crippen LogP contribution in [0, 0.1) is 0 Å². The summed E-state index contributed by atoms with van der Waals surface area (Å²) in [6.07, 6.45) is 70.9. The molecular weight excluding hydrogens is 841 g/mol. The predicted octanol–water partition coefficient (Wildman–Crippen LogP) is 19.6. The molecule has 0 aliphatic heterocycles. The Labute approximate surface area is 421 Å². The molecule has 6 nitrogen and oxygen atoms in total. The third-order valence-electron chi connectivity index (χ3n) is 12.8. The number of hydrogen-bond acceptors (Lipinski definition) is 6. The first-order chi connectivity index (χ1) is 33.5. The Morgan fingerprint density at radius 1 is 0.309 bits per heavy atom. The smallest absolute Gasteiger partial charge is 0.306 e. The topological polar surface area (TPSA) is 78.9 Å². The number of ether oxygens (including phenoxy) is 3. The lowest BCUT2D eigenvalue weighted by atomic mass is 10.0. The number of carbonyl (C=O) groups is 3. The molecule has 0 N–H and O–H groups in total. The van der Waals surface area contributed by atoms with Gasteiger partial charge in [-0.05, 0) is 64.2 Å². The average Bonchev–Trinajstić information content (AvgIpc) is 3.34. The zero-order valence-electron chi connectivity index (χ0n) is 45.1. The molecule has 1 atom stereocenters. The number of rotatable bonds is 53. The molecule has 0 aromatic carbocycles. The fourth-order valence-corrected chi connectivity index (χ4v) is 8.41. The molecule has 0 saturated heterocycles. The second-order valence-corrected chi connectivity index (χ2v) is 19.5. The van der Waals surface area contributed by atoms with E-state index >= 15 is 0 Å². The van der Waals surface area contributed by atoms with Crippen molar-refractivity contribution in [2.75, 3.05) is 13.2 Å². The highest BCUT2D eigenvalue weighted by Gasteiger charge is 2.19. The highest BCUT2D eigenvalue weighted by Crippen LogP contribution is 2.16. The summed E-state index contributed by atoms with van der Waals surface area (Å²) < 4.78 is 16.8. The predicted molar refractivity (Wildman–Crippen MR) is 293 cm³/mol. The summed E-state index contributed by atoms with van der Waals surface area (Å²) >= 11 is 0. The van der Waals surface area contributed by atoms with Gasteiger partial charge in [0.2, 0.25) is 0 Å². The van der Waals surface area contributed by atoms with E-state index in [9.17, 15) is 14.4 Å². The molecule has 0 aliphatic carbocycles. The summed E-state index contributed by atoms with van der Waals surface area (Å²) in [6, 6.07) is 0. The fraction of sp³-hybridized carbons (Fsp3) is 0.790. The summed E-state index contributed by atoms with van der Waals surface area (Å²) in [7, 11) is 0. The van der Waals surface area contributed by atoms with Crippen molar-refractivity contribution in [2.24, 2.45) is 0 Å². The number of unbranched alkanes of at least 4 members (excludes halogenated alkanes) is 32. The van der Waals surface area contributed by atoms with Crippen LogP contribution in [0.4, 0.5) is 0 Å². The van der Waals surface area contributed by atoms with Gasteiger partial charge in [0, 0.05) is 19.3 Å². The quantitative estimate of drug-likeness (QED) is 0.0262. The lowest BCUT2D eigenvalue weighted by molar-refractivity contribution is -0.167. The Kier molecular flexibility index (Phi) is 54.3. The van der Waals surface area contributed by atoms with Crippen molar-refractivity contribution in [3.05, 3.63) is 60.8 Å². The second kappa shape index (κ2) is 56.7. The van der Waals surface area contributed by atoms with E-state index in [0.29, 0.717) is 19.3 Å². The number of carbonyl (C=O) groups excluding carboxylic acids is 3. The monoisotopic (exact) mass is 951 g/mol. The van der Waals surface area contributed by atoms with Gasteiger partial charge in [-0.15, -0.1) is 0 Å². The van der Waals surface area contributed by atoms with Crippen LogP contribution in [0.15, 0.2) is 60.8 Å². The molecule has 0 fully saturated rings. The first-order valence-electron chi connectivity index (χ1n) is 29.3. The third kappa shape index (κ3) is 54.1. The van der Waals surface area contributed by atoms with Crippen molar-refractivity contribution in [1.82, 2.24) is 0 Å². The van der Waals surface area contributed by atoms with Crippen LogP contribution in [0.5, 0.6) is 0 Å². The highest BCUT2D eigenvalue weighted by molar-refractivity contribution is 5.71. The normalized spacial score (nSPS) is 12.5. The van der Waals surface area contributed by atoms with E-state index in [0.717, 1.165) is 89.9 Å². The second-order valence-electron chi connectivity index (χ2n) is 19.5. The van der Waals surface area contributed by atoms with E-state index in [1.807, 2.05) is 0 Å². The Morgan fingerprint density at radius 3 is 0.897 bits per heavy atom. The molecule has 0 aliphatic rings. The molecule has 394 valence electrons. The van der Waals surface area contributed by atoms with Crippen LogP contribution in [0.3, 0.4) is 0 Å². The molecule has 0 amide bonds. The molecule has 0 bridgehead atoms. The van der Waals surface area contributed by atoms with E-state index in [1.54, 1.807) is 0 Å². The molecule has 0 rings (SSSR count). The third-order valence-corrected chi connectivity index (χ3v) is 12.8. The van der Waals surface area contributed by atoms with Crippen molar-refractivity contribution in [3.8, 4) is 0 Å². The van der Waals surface area contributed by atoms with Crippen molar-refractivity contribution in [1.29, 1.82) is 0 Å². The highest BCUT2D eigenvalue weighted by atomic mass is 16.6. The van der Waals surface area contributed by atoms with Gasteiger partial charge in [-0.1, -0.05) is 274 Å². The van der Waals surface area contributed by atoms with Gasteiger partial charge in [0.15, 0.2) is 6.10 Å². The van der Waals surface area contributed by atoms with Crippen molar-refractivity contribution >= 4 is 17.9 Å². The first kappa shape index (κ1) is 65.1. The summed E-state index contributed by atoms with van der Waals surface area (Å²) in [5.74, 6) is -0.861. The van der Waals surface area contributed by atoms with Crippen LogP contribution in [0.2, 0.25) is 0 Å². The Balaban J connectivity index is 4.10. The fourth-order valence-electron chi connectivity index (χ4n) is 8.41. The minimum absolute atomic E-state index is 0.0691. The van der Waals surface area contributed by atoms with Crippen LogP contribution >= 0.6 is 0 Å². The molecular formula is C62H110O6. The van der Waals surface area contributed by atoms with Gasteiger partial charge < -0.3 is 14.2 Å². The minimum atomic E-state index is -0.768. The Hall–Kier alpha value is -2.89. The van der Waals surface area contributed by atoms with Gasteiger partial charge in [0.05, 0.1) is 0 Å². The summed E-state index contributed by atoms with van der Waals surface area (Å²) in [5.41, 5.74) is 0. The summed E-state index contributed by atoms with van der Waals surface area (Å²) in [6.45, 7) is 6.53. The van der Waals surface area contributed by atoms with Gasteiger partial charge in [-0.3, -0.25) is 14.4 Å². The Bertz CT molecular complexity index is 1230. The summed E-state index contributed by atoms with van der Waals surface area (Å²) in [5, 5.41) is 0. The van der Waals surface area contributed by atoms with Crippen LogP contribution < -0.4 is 0 Å². The van der Waals surface area contributed by atoms with E-state index in [1.165, 1.54) is 167 Å². The molecule has 0 aromatic heterocycles. The number of allylic oxidation sites excluding steroid dienone is 10. The molecule has 0 spiro atoms. The van der Waals surface area contributed by atoms with Crippen LogP contribution in [0.25, 0.3) is 0 Å². The van der Waals surface area contributed by atoms with Crippen LogP contribution in [-0.4, -0.2) is 37.2 Å². The van der Waals surface area contributed by atoms with Gasteiger partial charge in [0.1, 0.15) is 13.2 Å². The van der Waals surface area contributed by atoms with Crippen LogP contribution in [-0.2, 0) is 28.6 Å². The molecule has 0 aromatic rings. The largest absolute Gasteiger partial charge is 0.462 e. The molecule has 0 heterocycles. The van der Waals surface area contributed by atoms with E-state index < -0.39 is 6.10 Å². The maximum Gasteiger partial charge on any atom is 0.306 e. The number of esters is 3. The molecule has 0 saturated carbocycles. The maximum absolute atomic E-state index is 12.8. The van der Waals surface area contributed by atoms with E-state index in [4.69, 9.17) is 14.2 Å². The molecule has 68 heavy (non-hydrogen) atoms. The molecule has 6 heteroatoms.